The van der Waals surface area contributed by atoms with Gasteiger partial charge in [0.15, 0.2) is 0 Å². The fourth-order valence-electron chi connectivity index (χ4n) is 4.38. The third kappa shape index (κ3) is 9.66. The molecule has 1 aromatic heterocycles. The van der Waals surface area contributed by atoms with E-state index in [4.69, 9.17) is 9.47 Å². The van der Waals surface area contributed by atoms with Crippen molar-refractivity contribution < 1.29 is 37.0 Å². The van der Waals surface area contributed by atoms with Gasteiger partial charge in [-0.1, -0.05) is 30.3 Å². The molecule has 0 radical (unpaired) electrons. The van der Waals surface area contributed by atoms with E-state index < -0.39 is 21.9 Å². The number of sulfonamides is 1. The SMILES string of the molecule is COC(=O)Cc1cccc(S(=O)(=O)NC(=O)CCc2ccc(Cn3cccn3)cc2OCCNC(=O)c2cccc(OC)c2)c1. The summed E-state index contributed by atoms with van der Waals surface area (Å²) < 4.78 is 45.4. The van der Waals surface area contributed by atoms with E-state index in [-0.39, 0.29) is 43.2 Å². The van der Waals surface area contributed by atoms with Crippen molar-refractivity contribution in [3.05, 3.63) is 107 Å². The van der Waals surface area contributed by atoms with E-state index in [1.54, 1.807) is 41.2 Å². The van der Waals surface area contributed by atoms with Crippen molar-refractivity contribution in [2.45, 2.75) is 30.7 Å². The number of methoxy groups -OCH3 is 2. The zero-order valence-electron chi connectivity index (χ0n) is 24.9. The summed E-state index contributed by atoms with van der Waals surface area (Å²) in [5, 5.41) is 7.04. The molecule has 2 N–H and O–H groups in total. The first kappa shape index (κ1) is 32.7. The molecule has 1 heterocycles. The van der Waals surface area contributed by atoms with E-state index in [0.29, 0.717) is 34.7 Å². The predicted octanol–water partition coefficient (Wildman–Crippen LogP) is 2.90. The molecule has 0 saturated carbocycles. The summed E-state index contributed by atoms with van der Waals surface area (Å²) in [4.78, 5) is 36.7. The average molecular weight is 635 g/mol. The molecule has 0 fully saturated rings. The Morgan fingerprint density at radius 1 is 0.933 bits per heavy atom. The number of carbonyl (C=O) groups is 3. The van der Waals surface area contributed by atoms with Gasteiger partial charge in [-0.2, -0.15) is 5.10 Å². The maximum atomic E-state index is 12.9. The second-order valence-corrected chi connectivity index (χ2v) is 11.6. The van der Waals surface area contributed by atoms with Crippen molar-refractivity contribution >= 4 is 27.8 Å². The topological polar surface area (TPSA) is 155 Å². The third-order valence-electron chi connectivity index (χ3n) is 6.67. The summed E-state index contributed by atoms with van der Waals surface area (Å²) in [5.74, 6) is -0.422. The van der Waals surface area contributed by atoms with Crippen molar-refractivity contribution in [2.75, 3.05) is 27.4 Å². The maximum absolute atomic E-state index is 12.9. The van der Waals surface area contributed by atoms with E-state index >= 15 is 0 Å². The van der Waals surface area contributed by atoms with Gasteiger partial charge in [0.25, 0.3) is 15.9 Å². The van der Waals surface area contributed by atoms with Crippen LogP contribution >= 0.6 is 0 Å². The molecular formula is C32H34N4O8S. The predicted molar refractivity (Wildman–Crippen MR) is 164 cm³/mol. The van der Waals surface area contributed by atoms with Crippen LogP contribution in [-0.4, -0.2) is 63.4 Å². The van der Waals surface area contributed by atoms with Crippen LogP contribution in [0.2, 0.25) is 0 Å². The van der Waals surface area contributed by atoms with E-state index in [9.17, 15) is 22.8 Å². The second-order valence-electron chi connectivity index (χ2n) is 9.91. The molecule has 4 rings (SSSR count). The van der Waals surface area contributed by atoms with Gasteiger partial charge in [0.05, 0.1) is 38.6 Å². The number of aryl methyl sites for hydroxylation is 1. The number of nitrogens with one attached hydrogen (secondary N) is 2. The molecule has 12 nitrogen and oxygen atoms in total. The van der Waals surface area contributed by atoms with Crippen molar-refractivity contribution in [1.29, 1.82) is 0 Å². The van der Waals surface area contributed by atoms with Crippen LogP contribution in [0.15, 0.2) is 90.1 Å². The largest absolute Gasteiger partial charge is 0.497 e. The van der Waals surface area contributed by atoms with Crippen molar-refractivity contribution in [2.24, 2.45) is 0 Å². The Labute approximate surface area is 261 Å². The molecule has 13 heteroatoms. The molecule has 45 heavy (non-hydrogen) atoms. The highest BCUT2D eigenvalue weighted by Gasteiger charge is 2.19. The van der Waals surface area contributed by atoms with Crippen molar-refractivity contribution in [1.82, 2.24) is 19.8 Å². The van der Waals surface area contributed by atoms with Crippen LogP contribution in [0.25, 0.3) is 0 Å². The van der Waals surface area contributed by atoms with Crippen molar-refractivity contribution in [3.63, 3.8) is 0 Å². The fourth-order valence-corrected chi connectivity index (χ4v) is 5.46. The number of rotatable bonds is 15. The number of benzene rings is 3. The van der Waals surface area contributed by atoms with Gasteiger partial charge in [0.2, 0.25) is 5.91 Å². The minimum absolute atomic E-state index is 0.0995. The van der Waals surface area contributed by atoms with Gasteiger partial charge in [0.1, 0.15) is 18.1 Å². The van der Waals surface area contributed by atoms with Gasteiger partial charge in [-0.3, -0.25) is 19.1 Å². The van der Waals surface area contributed by atoms with Gasteiger partial charge < -0.3 is 19.5 Å². The molecular weight excluding hydrogens is 600 g/mol. The monoisotopic (exact) mass is 634 g/mol. The van der Waals surface area contributed by atoms with E-state index in [1.165, 1.54) is 32.4 Å². The summed E-state index contributed by atoms with van der Waals surface area (Å²) in [7, 11) is -1.40. The highest BCUT2D eigenvalue weighted by molar-refractivity contribution is 7.90. The fraction of sp³-hybridized carbons (Fsp3) is 0.250. The summed E-state index contributed by atoms with van der Waals surface area (Å²) in [5.41, 5.74) is 2.48. The van der Waals surface area contributed by atoms with E-state index in [0.717, 1.165) is 5.56 Å². The highest BCUT2D eigenvalue weighted by Crippen LogP contribution is 2.23. The quantitative estimate of drug-likeness (QED) is 0.148. The van der Waals surface area contributed by atoms with Gasteiger partial charge in [-0.15, -0.1) is 0 Å². The maximum Gasteiger partial charge on any atom is 0.309 e. The molecule has 0 aliphatic heterocycles. The van der Waals surface area contributed by atoms with Crippen LogP contribution in [0.4, 0.5) is 0 Å². The molecule has 0 spiro atoms. The Morgan fingerprint density at radius 3 is 2.51 bits per heavy atom. The van der Waals surface area contributed by atoms with Gasteiger partial charge in [0, 0.05) is 24.4 Å². The molecule has 0 aliphatic carbocycles. The first-order chi connectivity index (χ1) is 21.7. The van der Waals surface area contributed by atoms with Gasteiger partial charge >= 0.3 is 5.97 Å². The second kappa shape index (κ2) is 15.5. The van der Waals surface area contributed by atoms with E-state index in [2.05, 4.69) is 19.9 Å². The van der Waals surface area contributed by atoms with Crippen LogP contribution in [0, 0.1) is 0 Å². The Bertz CT molecular complexity index is 1740. The standard InChI is InChI=1S/C32H34N4O8S/c1-42-27-8-4-7-26(21-27)32(39)33-15-17-44-29-19-24(22-36-16-5-14-34-36)10-11-25(29)12-13-30(37)35-45(40,41)28-9-3-6-23(18-28)20-31(38)43-2/h3-11,14,16,18-19,21H,12-13,15,17,20,22H2,1-2H3,(H,33,39)(H,35,37). The molecule has 0 bridgehead atoms. The average Bonchev–Trinajstić information content (AvgIpc) is 3.55. The molecule has 2 amide bonds. The zero-order chi connectivity index (χ0) is 32.2. The Hall–Kier alpha value is -5.17. The Balaban J connectivity index is 1.39. The number of carbonyl (C=O) groups excluding carboxylic acids is 3. The molecule has 0 aliphatic rings. The number of aromatic nitrogens is 2. The van der Waals surface area contributed by atoms with Crippen molar-refractivity contribution in [3.8, 4) is 11.5 Å². The van der Waals surface area contributed by atoms with Crippen LogP contribution < -0.4 is 19.5 Å². The number of nitrogens with zero attached hydrogens (tertiary/aromatic N) is 2. The minimum atomic E-state index is -4.17. The number of esters is 1. The highest BCUT2D eigenvalue weighted by atomic mass is 32.2. The number of hydrogen-bond acceptors (Lipinski definition) is 9. The number of hydrogen-bond donors (Lipinski definition) is 2. The van der Waals surface area contributed by atoms with Crippen LogP contribution in [0.3, 0.4) is 0 Å². The molecule has 3 aromatic carbocycles. The Morgan fingerprint density at radius 2 is 1.76 bits per heavy atom. The van der Waals surface area contributed by atoms with Crippen LogP contribution in [-0.2, 0) is 43.7 Å². The summed E-state index contributed by atoms with van der Waals surface area (Å²) >= 11 is 0. The van der Waals surface area contributed by atoms with Gasteiger partial charge in [-0.25, -0.2) is 13.1 Å². The lowest BCUT2D eigenvalue weighted by Crippen LogP contribution is -2.31. The van der Waals surface area contributed by atoms with Gasteiger partial charge in [-0.05, 0) is 65.6 Å². The Kier molecular flexibility index (Phi) is 11.3. The summed E-state index contributed by atoms with van der Waals surface area (Å²) in [6.07, 6.45) is 3.47. The van der Waals surface area contributed by atoms with E-state index in [1.807, 2.05) is 30.5 Å². The molecule has 4 aromatic rings. The smallest absolute Gasteiger partial charge is 0.309 e. The van der Waals surface area contributed by atoms with Crippen LogP contribution in [0.5, 0.6) is 11.5 Å². The lowest BCUT2D eigenvalue weighted by atomic mass is 10.1. The third-order valence-corrected chi connectivity index (χ3v) is 8.04. The normalized spacial score (nSPS) is 11.0. The summed E-state index contributed by atoms with van der Waals surface area (Å²) in [6.45, 7) is 0.854. The van der Waals surface area contributed by atoms with Crippen LogP contribution in [0.1, 0.15) is 33.5 Å². The number of ether oxygens (including phenoxy) is 3. The minimum Gasteiger partial charge on any atom is -0.497 e. The molecule has 236 valence electrons. The first-order valence-corrected chi connectivity index (χ1v) is 15.5. The lowest BCUT2D eigenvalue weighted by Gasteiger charge is -2.14. The summed E-state index contributed by atoms with van der Waals surface area (Å²) in [6, 6.07) is 19.9. The lowest BCUT2D eigenvalue weighted by molar-refractivity contribution is -0.139. The first-order valence-electron chi connectivity index (χ1n) is 14.0. The zero-order valence-corrected chi connectivity index (χ0v) is 25.7. The molecule has 0 saturated heterocycles. The molecule has 0 atom stereocenters. The number of amides is 2. The molecule has 0 unspecified atom stereocenters.